The number of nitrogens with zero attached hydrogens (tertiary/aromatic N) is 2. The SMILES string of the molecule is Cc1c(C#N)cccc1C(=O)Nc1cc(C)c2n[nH]c(-c3ccoc3)c2c1. The second-order valence-electron chi connectivity index (χ2n) is 6.34. The van der Waals surface area contributed by atoms with Crippen molar-refractivity contribution in [1.82, 2.24) is 10.2 Å². The first-order valence-electron chi connectivity index (χ1n) is 8.41. The van der Waals surface area contributed by atoms with Crippen molar-refractivity contribution in [3.63, 3.8) is 0 Å². The minimum atomic E-state index is -0.253. The highest BCUT2D eigenvalue weighted by atomic mass is 16.3. The number of rotatable bonds is 3. The van der Waals surface area contributed by atoms with Crippen LogP contribution in [0.3, 0.4) is 0 Å². The number of aromatic nitrogens is 2. The lowest BCUT2D eigenvalue weighted by Crippen LogP contribution is -2.14. The molecule has 132 valence electrons. The number of nitriles is 1. The third kappa shape index (κ3) is 2.85. The molecule has 27 heavy (non-hydrogen) atoms. The lowest BCUT2D eigenvalue weighted by molar-refractivity contribution is 0.102. The Morgan fingerprint density at radius 3 is 2.85 bits per heavy atom. The Morgan fingerprint density at radius 2 is 2.11 bits per heavy atom. The monoisotopic (exact) mass is 356 g/mol. The number of carbonyl (C=O) groups is 1. The normalized spacial score (nSPS) is 10.7. The number of benzene rings is 2. The van der Waals surface area contributed by atoms with Crippen LogP contribution >= 0.6 is 0 Å². The highest BCUT2D eigenvalue weighted by Gasteiger charge is 2.15. The van der Waals surface area contributed by atoms with E-state index in [1.54, 1.807) is 37.6 Å². The van der Waals surface area contributed by atoms with E-state index in [0.29, 0.717) is 22.4 Å². The lowest BCUT2D eigenvalue weighted by Gasteiger charge is -2.10. The van der Waals surface area contributed by atoms with E-state index in [2.05, 4.69) is 21.6 Å². The highest BCUT2D eigenvalue weighted by Crippen LogP contribution is 2.31. The largest absolute Gasteiger partial charge is 0.472 e. The van der Waals surface area contributed by atoms with Crippen LogP contribution in [0.4, 0.5) is 5.69 Å². The summed E-state index contributed by atoms with van der Waals surface area (Å²) >= 11 is 0. The van der Waals surface area contributed by atoms with Gasteiger partial charge in [-0.25, -0.2) is 0 Å². The van der Waals surface area contributed by atoms with Gasteiger partial charge in [0.05, 0.1) is 35.4 Å². The van der Waals surface area contributed by atoms with E-state index in [1.165, 1.54) is 0 Å². The van der Waals surface area contributed by atoms with Gasteiger partial charge < -0.3 is 9.73 Å². The van der Waals surface area contributed by atoms with E-state index < -0.39 is 0 Å². The van der Waals surface area contributed by atoms with E-state index in [0.717, 1.165) is 27.7 Å². The first-order valence-corrected chi connectivity index (χ1v) is 8.41. The van der Waals surface area contributed by atoms with Gasteiger partial charge in [-0.05, 0) is 55.3 Å². The first kappa shape index (κ1) is 16.6. The van der Waals surface area contributed by atoms with E-state index >= 15 is 0 Å². The van der Waals surface area contributed by atoms with Gasteiger partial charge in [0.2, 0.25) is 0 Å². The molecule has 0 spiro atoms. The summed E-state index contributed by atoms with van der Waals surface area (Å²) in [4.78, 5) is 12.7. The summed E-state index contributed by atoms with van der Waals surface area (Å²) in [6.45, 7) is 3.72. The molecule has 2 heterocycles. The number of anilines is 1. The summed E-state index contributed by atoms with van der Waals surface area (Å²) < 4.78 is 5.16. The molecule has 4 rings (SSSR count). The fourth-order valence-corrected chi connectivity index (χ4v) is 3.19. The maximum Gasteiger partial charge on any atom is 0.255 e. The van der Waals surface area contributed by atoms with Gasteiger partial charge in [-0.3, -0.25) is 9.89 Å². The van der Waals surface area contributed by atoms with Crippen LogP contribution in [0, 0.1) is 25.2 Å². The maximum absolute atomic E-state index is 12.7. The molecule has 0 saturated heterocycles. The molecule has 0 unspecified atom stereocenters. The topological polar surface area (TPSA) is 94.7 Å². The molecule has 0 aliphatic rings. The van der Waals surface area contributed by atoms with E-state index in [9.17, 15) is 4.79 Å². The van der Waals surface area contributed by atoms with Crippen LogP contribution in [0.1, 0.15) is 27.0 Å². The van der Waals surface area contributed by atoms with Crippen molar-refractivity contribution < 1.29 is 9.21 Å². The smallest absolute Gasteiger partial charge is 0.255 e. The molecule has 0 fully saturated rings. The lowest BCUT2D eigenvalue weighted by atomic mass is 10.0. The van der Waals surface area contributed by atoms with Crippen LogP contribution in [0.15, 0.2) is 53.3 Å². The molecule has 0 saturated carbocycles. The van der Waals surface area contributed by atoms with Crippen LogP contribution in [-0.2, 0) is 0 Å². The van der Waals surface area contributed by atoms with E-state index in [1.807, 2.05) is 25.1 Å². The van der Waals surface area contributed by atoms with Crippen LogP contribution in [0.2, 0.25) is 0 Å². The van der Waals surface area contributed by atoms with E-state index in [4.69, 9.17) is 9.68 Å². The number of nitrogens with one attached hydrogen (secondary N) is 2. The number of hydrogen-bond acceptors (Lipinski definition) is 4. The van der Waals surface area contributed by atoms with Crippen molar-refractivity contribution in [2.75, 3.05) is 5.32 Å². The number of aromatic amines is 1. The Hall–Kier alpha value is -3.85. The highest BCUT2D eigenvalue weighted by molar-refractivity contribution is 6.07. The van der Waals surface area contributed by atoms with Crippen molar-refractivity contribution in [1.29, 1.82) is 5.26 Å². The molecule has 2 aromatic carbocycles. The Morgan fingerprint density at radius 1 is 1.26 bits per heavy atom. The summed E-state index contributed by atoms with van der Waals surface area (Å²) in [7, 11) is 0. The van der Waals surface area contributed by atoms with Crippen LogP contribution in [0.25, 0.3) is 22.2 Å². The number of hydrogen-bond donors (Lipinski definition) is 2. The number of H-pyrrole nitrogens is 1. The summed E-state index contributed by atoms with van der Waals surface area (Å²) in [5.41, 5.74) is 5.80. The second kappa shape index (κ2) is 6.46. The average molecular weight is 356 g/mol. The molecule has 2 N–H and O–H groups in total. The van der Waals surface area contributed by atoms with Crippen molar-refractivity contribution in [2.24, 2.45) is 0 Å². The Balaban J connectivity index is 1.74. The molecule has 6 nitrogen and oxygen atoms in total. The Kier molecular flexibility index (Phi) is 3.98. The Bertz CT molecular complexity index is 1200. The molecule has 1 amide bonds. The number of carbonyl (C=O) groups excluding carboxylic acids is 1. The predicted molar refractivity (Wildman–Crippen MR) is 102 cm³/mol. The molecule has 0 atom stereocenters. The predicted octanol–water partition coefficient (Wildman–Crippen LogP) is 4.56. The third-order valence-electron chi connectivity index (χ3n) is 4.62. The Labute approximate surface area is 155 Å². The fraction of sp³-hybridized carbons (Fsp3) is 0.0952. The van der Waals surface area contributed by atoms with Gasteiger partial charge in [0.1, 0.15) is 0 Å². The van der Waals surface area contributed by atoms with Crippen molar-refractivity contribution in [3.8, 4) is 17.3 Å². The second-order valence-corrected chi connectivity index (χ2v) is 6.34. The molecular weight excluding hydrogens is 340 g/mol. The van der Waals surface area contributed by atoms with Gasteiger partial charge in [0, 0.05) is 22.2 Å². The molecule has 6 heteroatoms. The number of amides is 1. The summed E-state index contributed by atoms with van der Waals surface area (Å²) in [5, 5.41) is 20.4. The standard InChI is InChI=1S/C21H16N4O2/c1-12-8-16(23-21(26)17-5-3-4-14(10-22)13(17)2)9-18-19(12)24-25-20(18)15-6-7-27-11-15/h3-9,11H,1-2H3,(H,23,26)(H,24,25). The minimum Gasteiger partial charge on any atom is -0.472 e. The molecular formula is C21H16N4O2. The molecule has 2 aromatic heterocycles. The summed E-state index contributed by atoms with van der Waals surface area (Å²) in [6.07, 6.45) is 3.25. The van der Waals surface area contributed by atoms with Gasteiger partial charge in [-0.2, -0.15) is 10.4 Å². The van der Waals surface area contributed by atoms with Crippen molar-refractivity contribution in [3.05, 3.63) is 71.2 Å². The molecule has 0 bridgehead atoms. The zero-order valence-corrected chi connectivity index (χ0v) is 14.8. The zero-order valence-electron chi connectivity index (χ0n) is 14.8. The first-order chi connectivity index (χ1) is 13.1. The zero-order chi connectivity index (χ0) is 19.0. The number of aryl methyl sites for hydroxylation is 1. The molecule has 0 radical (unpaired) electrons. The van der Waals surface area contributed by atoms with Gasteiger partial charge in [-0.1, -0.05) is 6.07 Å². The van der Waals surface area contributed by atoms with Gasteiger partial charge in [0.25, 0.3) is 5.91 Å². The number of furan rings is 1. The van der Waals surface area contributed by atoms with Gasteiger partial charge in [-0.15, -0.1) is 0 Å². The van der Waals surface area contributed by atoms with Crippen molar-refractivity contribution >= 4 is 22.5 Å². The van der Waals surface area contributed by atoms with E-state index in [-0.39, 0.29) is 5.91 Å². The quantitative estimate of drug-likeness (QED) is 0.562. The number of fused-ring (bicyclic) bond motifs is 1. The maximum atomic E-state index is 12.7. The van der Waals surface area contributed by atoms with Crippen LogP contribution in [0.5, 0.6) is 0 Å². The summed E-state index contributed by atoms with van der Waals surface area (Å²) in [5.74, 6) is -0.253. The molecule has 4 aromatic rings. The fourth-order valence-electron chi connectivity index (χ4n) is 3.19. The average Bonchev–Trinajstić information content (AvgIpc) is 3.31. The minimum absolute atomic E-state index is 0.253. The van der Waals surface area contributed by atoms with Crippen molar-refractivity contribution in [2.45, 2.75) is 13.8 Å². The van der Waals surface area contributed by atoms with Gasteiger partial charge in [0.15, 0.2) is 0 Å². The van der Waals surface area contributed by atoms with Crippen LogP contribution in [-0.4, -0.2) is 16.1 Å². The van der Waals surface area contributed by atoms with Crippen LogP contribution < -0.4 is 5.32 Å². The summed E-state index contributed by atoms with van der Waals surface area (Å²) in [6, 6.07) is 12.8. The van der Waals surface area contributed by atoms with Gasteiger partial charge >= 0.3 is 0 Å². The third-order valence-corrected chi connectivity index (χ3v) is 4.62. The molecule has 0 aliphatic heterocycles. The molecule has 0 aliphatic carbocycles.